The van der Waals surface area contributed by atoms with Crippen LogP contribution in [-0.2, 0) is 19.3 Å². The standard InChI is InChI=1S/C28H23F3N8O/c1-40-27-21(23(16-5-6-16)34-13-35-27)24-32-9-19-22(15-3-4-15)37-39(26(19)36-24)11-14-2-7-18-17(8-14)12-38-20(28(29,30)31)10-33-25(18)38/h2,7-10,13,15-16H,3-6,11-12H2,1H3. The second-order valence-corrected chi connectivity index (χ2v) is 10.7. The Labute approximate surface area is 226 Å². The molecule has 0 amide bonds. The van der Waals surface area contributed by atoms with Crippen LogP contribution in [0.1, 0.15) is 65.7 Å². The smallest absolute Gasteiger partial charge is 0.433 e. The van der Waals surface area contributed by atoms with Gasteiger partial charge in [0.05, 0.1) is 43.2 Å². The Hall–Kier alpha value is -4.35. The number of alkyl halides is 3. The fraction of sp³-hybridized carbons (Fsp3) is 0.357. The summed E-state index contributed by atoms with van der Waals surface area (Å²) in [4.78, 5) is 22.6. The summed E-state index contributed by atoms with van der Waals surface area (Å²) in [7, 11) is 1.58. The third-order valence-electron chi connectivity index (χ3n) is 7.92. The number of rotatable bonds is 6. The molecule has 3 aliphatic rings. The summed E-state index contributed by atoms with van der Waals surface area (Å²) >= 11 is 0. The molecule has 4 aromatic heterocycles. The zero-order valence-electron chi connectivity index (χ0n) is 21.5. The van der Waals surface area contributed by atoms with Crippen LogP contribution >= 0.6 is 0 Å². The van der Waals surface area contributed by atoms with Gasteiger partial charge in [-0.3, -0.25) is 0 Å². The maximum absolute atomic E-state index is 13.5. The topological polar surface area (TPSA) is 96.4 Å². The predicted octanol–water partition coefficient (Wildman–Crippen LogP) is 5.34. The number of benzene rings is 1. The fourth-order valence-corrected chi connectivity index (χ4v) is 5.70. The first-order valence-corrected chi connectivity index (χ1v) is 13.3. The Morgan fingerprint density at radius 1 is 0.975 bits per heavy atom. The average molecular weight is 545 g/mol. The van der Waals surface area contributed by atoms with Crippen molar-refractivity contribution in [1.29, 1.82) is 0 Å². The van der Waals surface area contributed by atoms with Crippen LogP contribution in [-0.4, -0.2) is 46.4 Å². The van der Waals surface area contributed by atoms with Crippen LogP contribution in [0.4, 0.5) is 13.2 Å². The van der Waals surface area contributed by atoms with Crippen molar-refractivity contribution < 1.29 is 17.9 Å². The Balaban J connectivity index is 1.19. The Kier molecular flexibility index (Phi) is 4.90. The minimum absolute atomic E-state index is 0.130. The lowest BCUT2D eigenvalue weighted by Gasteiger charge is -2.11. The Morgan fingerprint density at radius 2 is 1.77 bits per heavy atom. The summed E-state index contributed by atoms with van der Waals surface area (Å²) in [6.45, 7) is 0.546. The van der Waals surface area contributed by atoms with Gasteiger partial charge in [0.1, 0.15) is 23.4 Å². The summed E-state index contributed by atoms with van der Waals surface area (Å²) in [5.41, 5.74) is 5.00. The zero-order chi connectivity index (χ0) is 27.2. The fourth-order valence-electron chi connectivity index (χ4n) is 5.70. The van der Waals surface area contributed by atoms with Gasteiger partial charge in [0.15, 0.2) is 11.5 Å². The number of imidazole rings is 1. The van der Waals surface area contributed by atoms with Crippen molar-refractivity contribution in [1.82, 2.24) is 39.3 Å². The van der Waals surface area contributed by atoms with Crippen LogP contribution in [0.3, 0.4) is 0 Å². The Morgan fingerprint density at radius 3 is 2.52 bits per heavy atom. The minimum Gasteiger partial charge on any atom is -0.480 e. The lowest BCUT2D eigenvalue weighted by Crippen LogP contribution is -2.12. The van der Waals surface area contributed by atoms with E-state index >= 15 is 0 Å². The summed E-state index contributed by atoms with van der Waals surface area (Å²) < 4.78 is 49.1. The zero-order valence-corrected chi connectivity index (χ0v) is 21.5. The first-order chi connectivity index (χ1) is 19.4. The van der Waals surface area contributed by atoms with Crippen LogP contribution in [0, 0.1) is 0 Å². The van der Waals surface area contributed by atoms with E-state index in [2.05, 4.69) is 15.0 Å². The van der Waals surface area contributed by atoms with Gasteiger partial charge < -0.3 is 9.30 Å². The highest BCUT2D eigenvalue weighted by Crippen LogP contribution is 2.46. The number of hydrogen-bond acceptors (Lipinski definition) is 7. The van der Waals surface area contributed by atoms with Crippen molar-refractivity contribution in [3.8, 4) is 28.7 Å². The van der Waals surface area contributed by atoms with Crippen molar-refractivity contribution in [3.05, 3.63) is 65.1 Å². The molecule has 0 bridgehead atoms. The molecule has 202 valence electrons. The normalized spacial score (nSPS) is 16.4. The van der Waals surface area contributed by atoms with E-state index < -0.39 is 11.9 Å². The van der Waals surface area contributed by atoms with E-state index in [9.17, 15) is 13.2 Å². The Bertz CT molecular complexity index is 1820. The van der Waals surface area contributed by atoms with Gasteiger partial charge in [0.2, 0.25) is 5.88 Å². The molecule has 2 fully saturated rings. The maximum atomic E-state index is 13.5. The molecule has 12 heteroatoms. The third kappa shape index (κ3) is 3.69. The molecule has 0 atom stereocenters. The monoisotopic (exact) mass is 544 g/mol. The molecule has 9 nitrogen and oxygen atoms in total. The van der Waals surface area contributed by atoms with Gasteiger partial charge in [0, 0.05) is 23.6 Å². The second-order valence-electron chi connectivity index (χ2n) is 10.7. The quantitative estimate of drug-likeness (QED) is 0.279. The van der Waals surface area contributed by atoms with Gasteiger partial charge in [0.25, 0.3) is 0 Å². The van der Waals surface area contributed by atoms with Crippen molar-refractivity contribution in [2.45, 2.75) is 56.8 Å². The molecular weight excluding hydrogens is 521 g/mol. The van der Waals surface area contributed by atoms with Crippen LogP contribution in [0.25, 0.3) is 33.8 Å². The van der Waals surface area contributed by atoms with Crippen molar-refractivity contribution >= 4 is 11.0 Å². The molecule has 1 aromatic carbocycles. The second kappa shape index (κ2) is 8.33. The number of nitrogens with zero attached hydrogens (tertiary/aromatic N) is 8. The predicted molar refractivity (Wildman–Crippen MR) is 138 cm³/mol. The molecule has 0 N–H and O–H groups in total. The number of hydrogen-bond donors (Lipinski definition) is 0. The highest BCUT2D eigenvalue weighted by atomic mass is 19.4. The lowest BCUT2D eigenvalue weighted by atomic mass is 10.1. The van der Waals surface area contributed by atoms with E-state index in [4.69, 9.17) is 19.8 Å². The molecule has 1 aliphatic heterocycles. The molecule has 8 rings (SSSR count). The molecule has 0 radical (unpaired) electrons. The number of ether oxygens (including phenoxy) is 1. The molecule has 2 saturated carbocycles. The van der Waals surface area contributed by atoms with Crippen LogP contribution < -0.4 is 4.74 Å². The SMILES string of the molecule is COc1ncnc(C2CC2)c1-c1ncc2c(C3CC3)nn(Cc3ccc4c(c3)Cn3c(C(F)(F)F)cnc3-4)c2n1. The van der Waals surface area contributed by atoms with E-state index in [0.717, 1.165) is 65.3 Å². The van der Waals surface area contributed by atoms with Gasteiger partial charge >= 0.3 is 6.18 Å². The van der Waals surface area contributed by atoms with Gasteiger partial charge in [-0.05, 0) is 36.8 Å². The van der Waals surface area contributed by atoms with E-state index in [1.54, 1.807) is 7.11 Å². The molecule has 40 heavy (non-hydrogen) atoms. The molecule has 5 heterocycles. The number of methoxy groups -OCH3 is 1. The van der Waals surface area contributed by atoms with Crippen molar-refractivity contribution in [3.63, 3.8) is 0 Å². The summed E-state index contributed by atoms with van der Waals surface area (Å²) in [5.74, 6) is 2.01. The average Bonchev–Trinajstić information content (AvgIpc) is 3.86. The minimum atomic E-state index is -4.45. The number of aromatic nitrogens is 8. The lowest BCUT2D eigenvalue weighted by molar-refractivity contribution is -0.143. The summed E-state index contributed by atoms with van der Waals surface area (Å²) in [5, 5.41) is 5.86. The maximum Gasteiger partial charge on any atom is 0.433 e. The van der Waals surface area contributed by atoms with Crippen LogP contribution in [0.5, 0.6) is 5.88 Å². The molecule has 0 spiro atoms. The van der Waals surface area contributed by atoms with E-state index in [1.807, 2.05) is 29.1 Å². The first-order valence-electron chi connectivity index (χ1n) is 13.3. The van der Waals surface area contributed by atoms with E-state index in [-0.39, 0.29) is 6.54 Å². The van der Waals surface area contributed by atoms with E-state index in [0.29, 0.717) is 47.1 Å². The van der Waals surface area contributed by atoms with Gasteiger partial charge in [-0.2, -0.15) is 18.3 Å². The van der Waals surface area contributed by atoms with Gasteiger partial charge in [-0.25, -0.2) is 29.6 Å². The number of fused-ring (bicyclic) bond motifs is 4. The van der Waals surface area contributed by atoms with E-state index in [1.165, 1.54) is 10.9 Å². The van der Waals surface area contributed by atoms with Crippen molar-refractivity contribution in [2.24, 2.45) is 0 Å². The molecule has 5 aromatic rings. The first kappa shape index (κ1) is 23.5. The molecule has 0 unspecified atom stereocenters. The van der Waals surface area contributed by atoms with Crippen molar-refractivity contribution in [2.75, 3.05) is 7.11 Å². The summed E-state index contributed by atoms with van der Waals surface area (Å²) in [6.07, 6.45) is 4.06. The van der Waals surface area contributed by atoms with Gasteiger partial charge in [-0.1, -0.05) is 18.2 Å². The molecule has 2 aliphatic carbocycles. The highest BCUT2D eigenvalue weighted by molar-refractivity contribution is 5.81. The molecule has 0 saturated heterocycles. The summed E-state index contributed by atoms with van der Waals surface area (Å²) in [6, 6.07) is 5.70. The number of halogens is 3. The largest absolute Gasteiger partial charge is 0.480 e. The van der Waals surface area contributed by atoms with Gasteiger partial charge in [-0.15, -0.1) is 0 Å². The highest BCUT2D eigenvalue weighted by Gasteiger charge is 2.38. The van der Waals surface area contributed by atoms with Crippen LogP contribution in [0.2, 0.25) is 0 Å². The van der Waals surface area contributed by atoms with Crippen LogP contribution in [0.15, 0.2) is 36.9 Å². The molecular formula is C28H23F3N8O. The third-order valence-corrected chi connectivity index (χ3v) is 7.92.